The smallest absolute Gasteiger partial charge is 0.206 e. The Morgan fingerprint density at radius 3 is 2.57 bits per heavy atom. The first kappa shape index (κ1) is 5.80. The van der Waals surface area contributed by atoms with Crippen molar-refractivity contribution in [2.45, 2.75) is 0 Å². The highest BCUT2D eigenvalue weighted by atomic mass is 19.1. The van der Waals surface area contributed by atoms with Gasteiger partial charge in [-0.2, -0.15) is 0 Å². The monoisotopic (exact) mass is 103 g/mol. The van der Waals surface area contributed by atoms with Crippen molar-refractivity contribution >= 4 is 0 Å². The van der Waals surface area contributed by atoms with Gasteiger partial charge in [0, 0.05) is 5.73 Å². The molecule has 0 N–H and O–H groups in total. The van der Waals surface area contributed by atoms with Crippen molar-refractivity contribution in [1.29, 1.82) is 5.39 Å². The lowest BCUT2D eigenvalue weighted by molar-refractivity contribution is 0.655. The molecule has 0 saturated carbocycles. The number of hydrogen-bond acceptors (Lipinski definition) is 1. The van der Waals surface area contributed by atoms with E-state index in [-0.39, 0.29) is 6.33 Å². The molecule has 0 bridgehead atoms. The van der Waals surface area contributed by atoms with Crippen molar-refractivity contribution in [2.75, 3.05) is 0 Å². The third-order valence-electron chi connectivity index (χ3n) is 0.261. The molecule has 0 aromatic carbocycles. The van der Waals surface area contributed by atoms with E-state index in [9.17, 15) is 8.78 Å². The maximum Gasteiger partial charge on any atom is 0.587 e. The topological polar surface area (TPSA) is 28.1 Å². The minimum Gasteiger partial charge on any atom is -0.206 e. The summed E-state index contributed by atoms with van der Waals surface area (Å²) in [6.07, 6.45) is -0.185. The Morgan fingerprint density at radius 1 is 1.86 bits per heavy atom. The van der Waals surface area contributed by atoms with Crippen LogP contribution in [0.15, 0.2) is 18.0 Å². The summed E-state index contributed by atoms with van der Waals surface area (Å²) < 4.78 is 22.0. The zero-order valence-corrected chi connectivity index (χ0v) is 3.23. The third kappa shape index (κ3) is 2.61. The van der Waals surface area contributed by atoms with Crippen LogP contribution < -0.4 is 0 Å². The van der Waals surface area contributed by atoms with Gasteiger partial charge >= 0.3 is 5.95 Å². The van der Waals surface area contributed by atoms with Crippen LogP contribution in [0.2, 0.25) is 0 Å². The number of rotatable bonds is 0. The Morgan fingerprint density at radius 2 is 2.43 bits per heavy atom. The molecule has 0 unspecified atom stereocenters. The molecule has 0 amide bonds. The van der Waals surface area contributed by atoms with Gasteiger partial charge in [0.25, 0.3) is 0 Å². The van der Waals surface area contributed by atoms with Crippen LogP contribution in [0.3, 0.4) is 0 Å². The van der Waals surface area contributed by atoms with Crippen molar-refractivity contribution in [3.63, 3.8) is 0 Å². The van der Waals surface area contributed by atoms with Gasteiger partial charge in [-0.25, -0.2) is 4.39 Å². The molecule has 0 aliphatic carbocycles. The lowest BCUT2D eigenvalue weighted by atomic mass is 10.8. The van der Waals surface area contributed by atoms with E-state index >= 15 is 0 Å². The normalized spacial score (nSPS) is 5.86. The van der Waals surface area contributed by atoms with Crippen LogP contribution in [0.5, 0.6) is 0 Å². The van der Waals surface area contributed by atoms with Crippen LogP contribution in [0.25, 0.3) is 4.98 Å². The molecule has 36 valence electrons. The molecule has 4 heteroatoms. The maximum absolute atomic E-state index is 11.2. The summed E-state index contributed by atoms with van der Waals surface area (Å²) in [5.41, 5.74) is 1.34. The SMILES string of the molecule is N#[N+]C(F)=C=CF. The number of nitrogens with zero attached hydrogens (tertiary/aromatic N) is 2. The zero-order chi connectivity index (χ0) is 5.70. The highest BCUT2D eigenvalue weighted by Crippen LogP contribution is 1.91. The molecule has 0 aromatic heterocycles. The summed E-state index contributed by atoms with van der Waals surface area (Å²) in [4.78, 5) is 1.95. The molecule has 0 aliphatic heterocycles. The van der Waals surface area contributed by atoms with Crippen LogP contribution in [0.1, 0.15) is 0 Å². The number of diazo groups is 1. The van der Waals surface area contributed by atoms with Crippen LogP contribution >= 0.6 is 0 Å². The Bertz CT molecular complexity index is 149. The molecule has 7 heavy (non-hydrogen) atoms. The Hall–Kier alpha value is -1.20. The van der Waals surface area contributed by atoms with Gasteiger partial charge in [-0.15, -0.1) is 4.39 Å². The van der Waals surface area contributed by atoms with Crippen molar-refractivity contribution in [3.05, 3.63) is 23.0 Å². The summed E-state index contributed by atoms with van der Waals surface area (Å²) in [5, 5.41) is 7.43. The van der Waals surface area contributed by atoms with Gasteiger partial charge in [0.1, 0.15) is 6.33 Å². The maximum atomic E-state index is 11.2. The molecule has 0 rings (SSSR count). The average molecular weight is 103 g/mol. The molecule has 0 atom stereocenters. The first-order valence-electron chi connectivity index (χ1n) is 1.37. The average Bonchev–Trinajstić information content (AvgIpc) is 1.68. The van der Waals surface area contributed by atoms with Crippen molar-refractivity contribution < 1.29 is 8.78 Å². The van der Waals surface area contributed by atoms with E-state index in [1.807, 2.05) is 4.98 Å². The fourth-order valence-electron chi connectivity index (χ4n) is 0.0739. The molecule has 0 saturated heterocycles. The quantitative estimate of drug-likeness (QED) is 0.260. The summed E-state index contributed by atoms with van der Waals surface area (Å²) in [5.74, 6) is -1.37. The Labute approximate surface area is 38.4 Å². The van der Waals surface area contributed by atoms with E-state index < -0.39 is 5.95 Å². The van der Waals surface area contributed by atoms with Gasteiger partial charge in [-0.1, -0.05) is 0 Å². The highest BCUT2D eigenvalue weighted by molar-refractivity contribution is 4.95. The van der Waals surface area contributed by atoms with Gasteiger partial charge in [0.2, 0.25) is 10.4 Å². The lowest BCUT2D eigenvalue weighted by Gasteiger charge is -1.44. The molecule has 0 fully saturated rings. The van der Waals surface area contributed by atoms with E-state index in [0.717, 1.165) is 0 Å². The van der Waals surface area contributed by atoms with Crippen LogP contribution in [-0.4, -0.2) is 0 Å². The molecule has 0 aliphatic rings. The predicted molar refractivity (Wildman–Crippen MR) is 18.9 cm³/mol. The summed E-state index contributed by atoms with van der Waals surface area (Å²) in [6.45, 7) is 0. The van der Waals surface area contributed by atoms with Gasteiger partial charge in [0.05, 0.1) is 0 Å². The summed E-state index contributed by atoms with van der Waals surface area (Å²) >= 11 is 0. The van der Waals surface area contributed by atoms with Crippen LogP contribution in [-0.2, 0) is 0 Å². The second-order valence-electron chi connectivity index (χ2n) is 0.644. The largest absolute Gasteiger partial charge is 0.587 e. The van der Waals surface area contributed by atoms with E-state index in [1.165, 1.54) is 5.73 Å². The molecule has 0 heterocycles. The van der Waals surface area contributed by atoms with Crippen molar-refractivity contribution in [1.82, 2.24) is 0 Å². The highest BCUT2D eigenvalue weighted by Gasteiger charge is 2.00. The molecular formula is C3HF2N2+. The fourth-order valence-corrected chi connectivity index (χ4v) is 0.0739. The first-order valence-corrected chi connectivity index (χ1v) is 1.37. The van der Waals surface area contributed by atoms with E-state index in [2.05, 4.69) is 0 Å². The molecule has 0 aromatic rings. The standard InChI is InChI=1S/C3HF2N2/c4-2-1-3(5)7-6/h2H/q+1. The minimum atomic E-state index is -1.37. The number of halogens is 2. The van der Waals surface area contributed by atoms with Crippen molar-refractivity contribution in [3.8, 4) is 0 Å². The predicted octanol–water partition coefficient (Wildman–Crippen LogP) is 1.73. The van der Waals surface area contributed by atoms with Gasteiger partial charge < -0.3 is 0 Å². The molecule has 0 spiro atoms. The summed E-state index contributed by atoms with van der Waals surface area (Å²) in [7, 11) is 0. The Kier molecular flexibility index (Phi) is 2.49. The summed E-state index contributed by atoms with van der Waals surface area (Å²) in [6, 6.07) is 0. The molecule has 0 radical (unpaired) electrons. The Balaban J connectivity index is 4.10. The van der Waals surface area contributed by atoms with E-state index in [0.29, 0.717) is 0 Å². The molecular weight excluding hydrogens is 102 g/mol. The van der Waals surface area contributed by atoms with E-state index in [4.69, 9.17) is 5.39 Å². The van der Waals surface area contributed by atoms with Crippen LogP contribution in [0.4, 0.5) is 8.78 Å². The van der Waals surface area contributed by atoms with Gasteiger partial charge in [0.15, 0.2) is 0 Å². The third-order valence-corrected chi connectivity index (χ3v) is 0.261. The van der Waals surface area contributed by atoms with Crippen molar-refractivity contribution in [2.24, 2.45) is 0 Å². The second kappa shape index (κ2) is 3.01. The van der Waals surface area contributed by atoms with Gasteiger partial charge in [-0.05, 0) is 0 Å². The minimum absolute atomic E-state index is 0.185. The van der Waals surface area contributed by atoms with E-state index in [1.54, 1.807) is 0 Å². The first-order chi connectivity index (χ1) is 3.31. The molecule has 2 nitrogen and oxygen atoms in total. The lowest BCUT2D eigenvalue weighted by Crippen LogP contribution is -1.46. The fraction of sp³-hybridized carbons (Fsp3) is 0. The number of hydrogen-bond donors (Lipinski definition) is 0. The van der Waals surface area contributed by atoms with Crippen LogP contribution in [0, 0.1) is 5.39 Å². The second-order valence-corrected chi connectivity index (χ2v) is 0.644. The van der Waals surface area contributed by atoms with Gasteiger partial charge in [-0.3, -0.25) is 0 Å². The zero-order valence-electron chi connectivity index (χ0n) is 3.23.